The summed E-state index contributed by atoms with van der Waals surface area (Å²) >= 11 is 0. The van der Waals surface area contributed by atoms with Crippen molar-refractivity contribution in [3.8, 4) is 17.0 Å². The van der Waals surface area contributed by atoms with Gasteiger partial charge in [0.15, 0.2) is 0 Å². The molecule has 188 valence electrons. The molecule has 9 heteroatoms. The van der Waals surface area contributed by atoms with Gasteiger partial charge in [0.1, 0.15) is 18.0 Å². The highest BCUT2D eigenvalue weighted by Gasteiger charge is 2.40. The minimum absolute atomic E-state index is 0.222. The van der Waals surface area contributed by atoms with Gasteiger partial charge in [0, 0.05) is 37.0 Å². The summed E-state index contributed by atoms with van der Waals surface area (Å²) in [5.41, 5.74) is 5.24. The number of benzene rings is 2. The summed E-state index contributed by atoms with van der Waals surface area (Å²) in [6.45, 7) is 1.29. The summed E-state index contributed by atoms with van der Waals surface area (Å²) in [5, 5.41) is 43.0. The maximum absolute atomic E-state index is 10.1. The van der Waals surface area contributed by atoms with Crippen molar-refractivity contribution in [1.29, 1.82) is 0 Å². The number of hydrogen-bond donors (Lipinski definition) is 6. The number of piperidine rings is 1. The molecule has 2 aromatic carbocycles. The summed E-state index contributed by atoms with van der Waals surface area (Å²) in [6, 6.07) is 13.8. The normalized spacial score (nSPS) is 22.8. The summed E-state index contributed by atoms with van der Waals surface area (Å²) in [4.78, 5) is 9.04. The summed E-state index contributed by atoms with van der Waals surface area (Å²) in [7, 11) is 1.65. The number of β-amino-alcohol motifs (C(OH)–C–C–N with tert-alkyl or cyclic N) is 1. The van der Waals surface area contributed by atoms with E-state index in [0.29, 0.717) is 13.0 Å². The Morgan fingerprint density at radius 1 is 1.06 bits per heavy atom. The summed E-state index contributed by atoms with van der Waals surface area (Å²) in [5.74, 6) is 0.774. The zero-order valence-corrected chi connectivity index (χ0v) is 19.8. The van der Waals surface area contributed by atoms with Crippen LogP contribution in [0.15, 0.2) is 55.0 Å². The van der Waals surface area contributed by atoms with Crippen molar-refractivity contribution in [2.45, 2.75) is 37.2 Å². The first-order valence-corrected chi connectivity index (χ1v) is 11.9. The molecule has 0 bridgehead atoms. The van der Waals surface area contributed by atoms with Crippen molar-refractivity contribution in [2.75, 3.05) is 38.7 Å². The molecule has 1 saturated heterocycles. The van der Waals surface area contributed by atoms with Gasteiger partial charge in [-0.2, -0.15) is 0 Å². The molecule has 0 radical (unpaired) electrons. The minimum atomic E-state index is -1.23. The van der Waals surface area contributed by atoms with Crippen LogP contribution in [-0.2, 0) is 12.8 Å². The molecule has 4 atom stereocenters. The van der Waals surface area contributed by atoms with Crippen molar-refractivity contribution < 1.29 is 25.2 Å². The Kier molecular flexibility index (Phi) is 8.37. The van der Waals surface area contributed by atoms with Crippen LogP contribution in [0.2, 0.25) is 0 Å². The molecule has 2 heterocycles. The molecule has 3 aromatic rings. The Labute approximate surface area is 205 Å². The molecule has 1 fully saturated rings. The first kappa shape index (κ1) is 25.2. The van der Waals surface area contributed by atoms with Crippen molar-refractivity contribution in [3.05, 3.63) is 66.1 Å². The Balaban J connectivity index is 1.29. The largest absolute Gasteiger partial charge is 0.497 e. The van der Waals surface area contributed by atoms with Crippen LogP contribution in [0.4, 0.5) is 5.69 Å². The molecular formula is C26H34N4O5. The molecule has 0 unspecified atom stereocenters. The third-order valence-corrected chi connectivity index (χ3v) is 6.62. The minimum Gasteiger partial charge on any atom is -0.497 e. The van der Waals surface area contributed by atoms with E-state index in [0.717, 1.165) is 41.2 Å². The molecular weight excluding hydrogens is 448 g/mol. The molecule has 0 spiro atoms. The molecule has 9 nitrogen and oxygen atoms in total. The highest BCUT2D eigenvalue weighted by atomic mass is 16.5. The number of likely N-dealkylation sites (tertiary alicyclic amines) is 1. The number of rotatable bonds is 10. The zero-order valence-electron chi connectivity index (χ0n) is 19.8. The number of ether oxygens (including phenoxy) is 1. The van der Waals surface area contributed by atoms with Crippen LogP contribution in [0.1, 0.15) is 11.1 Å². The van der Waals surface area contributed by atoms with Gasteiger partial charge in [0.2, 0.25) is 0 Å². The number of nitrogens with zero attached hydrogens (tertiary/aromatic N) is 2. The lowest BCUT2D eigenvalue weighted by Crippen LogP contribution is -2.62. The van der Waals surface area contributed by atoms with E-state index in [2.05, 4.69) is 45.6 Å². The third-order valence-electron chi connectivity index (χ3n) is 6.62. The second-order valence-electron chi connectivity index (χ2n) is 8.95. The number of aromatic nitrogens is 2. The van der Waals surface area contributed by atoms with Crippen molar-refractivity contribution in [2.24, 2.45) is 0 Å². The van der Waals surface area contributed by atoms with Crippen LogP contribution in [0.5, 0.6) is 5.75 Å². The van der Waals surface area contributed by atoms with Gasteiger partial charge in [-0.1, -0.05) is 24.3 Å². The number of hydrogen-bond acceptors (Lipinski definition) is 8. The number of H-pyrrole nitrogens is 1. The predicted molar refractivity (Wildman–Crippen MR) is 133 cm³/mol. The van der Waals surface area contributed by atoms with Gasteiger partial charge in [-0.15, -0.1) is 0 Å². The number of aliphatic hydroxyl groups is 4. The van der Waals surface area contributed by atoms with Crippen LogP contribution in [0, 0.1) is 0 Å². The number of aromatic amines is 1. The second-order valence-corrected chi connectivity index (χ2v) is 8.95. The molecule has 1 aromatic heterocycles. The van der Waals surface area contributed by atoms with E-state index < -0.39 is 24.4 Å². The number of nitrogens with one attached hydrogen (secondary N) is 2. The summed E-state index contributed by atoms with van der Waals surface area (Å²) < 4.78 is 5.44. The highest BCUT2D eigenvalue weighted by Crippen LogP contribution is 2.27. The Bertz CT molecular complexity index is 1060. The van der Waals surface area contributed by atoms with E-state index in [1.54, 1.807) is 19.6 Å². The highest BCUT2D eigenvalue weighted by molar-refractivity contribution is 5.67. The first-order valence-electron chi connectivity index (χ1n) is 11.9. The van der Waals surface area contributed by atoms with Crippen LogP contribution in [0.25, 0.3) is 11.3 Å². The van der Waals surface area contributed by atoms with E-state index in [1.807, 2.05) is 17.0 Å². The monoisotopic (exact) mass is 482 g/mol. The van der Waals surface area contributed by atoms with Gasteiger partial charge in [0.25, 0.3) is 0 Å². The second kappa shape index (κ2) is 11.7. The lowest BCUT2D eigenvalue weighted by atomic mass is 9.93. The number of anilines is 1. The lowest BCUT2D eigenvalue weighted by Gasteiger charge is -2.43. The van der Waals surface area contributed by atoms with Gasteiger partial charge >= 0.3 is 0 Å². The standard InChI is InChI=1S/C26H34N4O5/c1-35-21-11-19(22-13-27-16-29-22)10-20(12-21)28-8-6-17-2-4-18(5-3-17)7-9-30-14-24(32)26(34)25(33)23(30)15-31/h2-5,10-13,16,23-26,28,31-34H,6-9,14-15H2,1H3,(H,27,29)/t23-,24+,25-,26-/m1/s1. The predicted octanol–water partition coefficient (Wildman–Crippen LogP) is 1.04. The lowest BCUT2D eigenvalue weighted by molar-refractivity contribution is -0.144. The number of aliphatic hydroxyl groups excluding tert-OH is 4. The average molecular weight is 483 g/mol. The molecule has 0 amide bonds. The fourth-order valence-electron chi connectivity index (χ4n) is 4.52. The smallest absolute Gasteiger partial charge is 0.121 e. The van der Waals surface area contributed by atoms with Gasteiger partial charge in [-0.25, -0.2) is 4.98 Å². The molecule has 1 aliphatic heterocycles. The Hall–Kier alpha value is -2.95. The maximum Gasteiger partial charge on any atom is 0.121 e. The van der Waals surface area contributed by atoms with Crippen molar-refractivity contribution in [1.82, 2.24) is 14.9 Å². The van der Waals surface area contributed by atoms with E-state index in [9.17, 15) is 20.4 Å². The number of methoxy groups -OCH3 is 1. The van der Waals surface area contributed by atoms with Crippen LogP contribution in [0.3, 0.4) is 0 Å². The van der Waals surface area contributed by atoms with E-state index in [4.69, 9.17) is 4.74 Å². The zero-order chi connectivity index (χ0) is 24.8. The molecule has 1 aliphatic rings. The van der Waals surface area contributed by atoms with Gasteiger partial charge < -0.3 is 35.5 Å². The van der Waals surface area contributed by atoms with Crippen molar-refractivity contribution in [3.63, 3.8) is 0 Å². The SMILES string of the molecule is COc1cc(NCCc2ccc(CCN3C[C@H](O)[C@@H](O)[C@H](O)[C@H]3CO)cc2)cc(-c2cnc[nH]2)c1. The average Bonchev–Trinajstić information content (AvgIpc) is 3.42. The van der Waals surface area contributed by atoms with E-state index >= 15 is 0 Å². The van der Waals surface area contributed by atoms with Gasteiger partial charge in [-0.05, 0) is 36.1 Å². The van der Waals surface area contributed by atoms with Crippen LogP contribution >= 0.6 is 0 Å². The van der Waals surface area contributed by atoms with Crippen LogP contribution < -0.4 is 10.1 Å². The number of imidazole rings is 1. The fraction of sp³-hybridized carbons (Fsp3) is 0.423. The fourth-order valence-corrected chi connectivity index (χ4v) is 4.52. The van der Waals surface area contributed by atoms with Gasteiger partial charge in [0.05, 0.1) is 44.1 Å². The van der Waals surface area contributed by atoms with Gasteiger partial charge in [-0.3, -0.25) is 4.90 Å². The van der Waals surface area contributed by atoms with Crippen LogP contribution in [-0.4, -0.2) is 93.0 Å². The molecule has 6 N–H and O–H groups in total. The first-order chi connectivity index (χ1) is 17.0. The topological polar surface area (TPSA) is 134 Å². The summed E-state index contributed by atoms with van der Waals surface area (Å²) in [6.07, 6.45) is 1.58. The van der Waals surface area contributed by atoms with E-state index in [-0.39, 0.29) is 13.2 Å². The molecule has 0 aliphatic carbocycles. The molecule has 0 saturated carbocycles. The van der Waals surface area contributed by atoms with Crippen molar-refractivity contribution >= 4 is 5.69 Å². The quantitative estimate of drug-likeness (QED) is 0.253. The Morgan fingerprint density at radius 2 is 1.80 bits per heavy atom. The Morgan fingerprint density at radius 3 is 2.46 bits per heavy atom. The molecule has 35 heavy (non-hydrogen) atoms. The maximum atomic E-state index is 10.1. The van der Waals surface area contributed by atoms with E-state index in [1.165, 1.54) is 5.56 Å². The third kappa shape index (κ3) is 6.19. The molecule has 4 rings (SSSR count).